The van der Waals surface area contributed by atoms with E-state index in [1.165, 1.54) is 0 Å². The molecule has 3 rings (SSSR count). The van der Waals surface area contributed by atoms with Crippen molar-refractivity contribution >= 4 is 29.0 Å². The highest BCUT2D eigenvalue weighted by molar-refractivity contribution is 7.99. The maximum absolute atomic E-state index is 12.2. The van der Waals surface area contributed by atoms with Crippen molar-refractivity contribution in [3.8, 4) is 10.6 Å². The minimum absolute atomic E-state index is 0.0264. The van der Waals surface area contributed by atoms with Gasteiger partial charge in [-0.05, 0) is 5.92 Å². The van der Waals surface area contributed by atoms with Crippen molar-refractivity contribution in [1.29, 1.82) is 0 Å². The molecule has 0 bridgehead atoms. The number of carbonyl (C=O) groups excluding carboxylic acids is 1. The average molecular weight is 416 g/mol. The third-order valence-corrected chi connectivity index (χ3v) is 6.44. The van der Waals surface area contributed by atoms with Crippen LogP contribution in [0.3, 0.4) is 0 Å². The van der Waals surface area contributed by atoms with Crippen LogP contribution in [0.1, 0.15) is 25.4 Å². The molecular weight excluding hydrogens is 390 g/mol. The lowest BCUT2D eigenvalue weighted by Crippen LogP contribution is -2.28. The van der Waals surface area contributed by atoms with E-state index >= 15 is 0 Å². The second-order valence-electron chi connectivity index (χ2n) is 6.95. The summed E-state index contributed by atoms with van der Waals surface area (Å²) < 4.78 is 2.01. The van der Waals surface area contributed by atoms with Crippen LogP contribution in [-0.4, -0.2) is 38.0 Å². The lowest BCUT2D eigenvalue weighted by molar-refractivity contribution is -0.120. The Bertz CT molecular complexity index is 904. The second-order valence-corrected chi connectivity index (χ2v) is 8.79. The van der Waals surface area contributed by atoms with Crippen LogP contribution in [0, 0.1) is 5.92 Å². The standard InChI is InChI=1S/C20H25N5OS2/c1-14(2)12-28-20-24-23-17(25(20)3)9-10-21-18(26)11-16-13-27-19(22-16)15-7-5-4-6-8-15/h4-8,13-14H,9-12H2,1-3H3,(H,21,26). The third-order valence-electron chi connectivity index (χ3n) is 4.06. The van der Waals surface area contributed by atoms with Gasteiger partial charge in [-0.25, -0.2) is 4.98 Å². The summed E-state index contributed by atoms with van der Waals surface area (Å²) in [5, 5.41) is 15.2. The molecule has 0 spiro atoms. The number of nitrogens with zero attached hydrogens (tertiary/aromatic N) is 4. The summed E-state index contributed by atoms with van der Waals surface area (Å²) in [7, 11) is 1.97. The van der Waals surface area contributed by atoms with Gasteiger partial charge in [-0.15, -0.1) is 21.5 Å². The normalized spacial score (nSPS) is 11.1. The van der Waals surface area contributed by atoms with Gasteiger partial charge in [0, 0.05) is 36.7 Å². The van der Waals surface area contributed by atoms with Gasteiger partial charge in [0.05, 0.1) is 12.1 Å². The molecule has 0 unspecified atom stereocenters. The predicted octanol–water partition coefficient (Wildman–Crippen LogP) is 3.59. The first-order valence-corrected chi connectivity index (χ1v) is 11.2. The Morgan fingerprint density at radius 3 is 2.79 bits per heavy atom. The highest BCUT2D eigenvalue weighted by atomic mass is 32.2. The van der Waals surface area contributed by atoms with E-state index in [9.17, 15) is 4.79 Å². The number of benzene rings is 1. The molecule has 0 atom stereocenters. The molecule has 148 valence electrons. The monoisotopic (exact) mass is 415 g/mol. The largest absolute Gasteiger partial charge is 0.355 e. The second kappa shape index (κ2) is 9.84. The number of aromatic nitrogens is 4. The van der Waals surface area contributed by atoms with Crippen molar-refractivity contribution in [1.82, 2.24) is 25.1 Å². The molecule has 2 aromatic heterocycles. The first-order valence-electron chi connectivity index (χ1n) is 9.30. The Morgan fingerprint density at radius 2 is 2.04 bits per heavy atom. The molecular formula is C20H25N5OS2. The molecule has 0 saturated heterocycles. The number of nitrogens with one attached hydrogen (secondary N) is 1. The van der Waals surface area contributed by atoms with Crippen molar-refractivity contribution in [3.63, 3.8) is 0 Å². The molecule has 0 aliphatic heterocycles. The summed E-state index contributed by atoms with van der Waals surface area (Å²) in [4.78, 5) is 16.8. The van der Waals surface area contributed by atoms with Crippen LogP contribution in [0.5, 0.6) is 0 Å². The lowest BCUT2D eigenvalue weighted by Gasteiger charge is -2.06. The van der Waals surface area contributed by atoms with Crippen LogP contribution in [0.15, 0.2) is 40.9 Å². The molecule has 3 aromatic rings. The molecule has 6 nitrogen and oxygen atoms in total. The van der Waals surface area contributed by atoms with Crippen molar-refractivity contribution in [2.75, 3.05) is 12.3 Å². The number of carbonyl (C=O) groups is 1. The molecule has 1 N–H and O–H groups in total. The number of rotatable bonds is 9. The van der Waals surface area contributed by atoms with Crippen LogP contribution in [0.25, 0.3) is 10.6 Å². The maximum atomic E-state index is 12.2. The van der Waals surface area contributed by atoms with E-state index in [1.54, 1.807) is 23.1 Å². The zero-order chi connectivity index (χ0) is 19.9. The summed E-state index contributed by atoms with van der Waals surface area (Å²) in [6, 6.07) is 10.0. The SMILES string of the molecule is CC(C)CSc1nnc(CCNC(=O)Cc2csc(-c3ccccc3)n2)n1C. The molecule has 1 amide bonds. The first kappa shape index (κ1) is 20.5. The highest BCUT2D eigenvalue weighted by Gasteiger charge is 2.12. The summed E-state index contributed by atoms with van der Waals surface area (Å²) in [5.41, 5.74) is 1.87. The Labute approximate surface area is 173 Å². The summed E-state index contributed by atoms with van der Waals surface area (Å²) in [6.45, 7) is 4.91. The molecule has 8 heteroatoms. The van der Waals surface area contributed by atoms with E-state index in [4.69, 9.17) is 0 Å². The quantitative estimate of drug-likeness (QED) is 0.541. The van der Waals surface area contributed by atoms with Crippen LogP contribution in [-0.2, 0) is 24.7 Å². The number of thioether (sulfide) groups is 1. The average Bonchev–Trinajstić information content (AvgIpc) is 3.28. The minimum Gasteiger partial charge on any atom is -0.355 e. The summed E-state index contributed by atoms with van der Waals surface area (Å²) in [5.74, 6) is 2.48. The van der Waals surface area contributed by atoms with Crippen LogP contribution >= 0.6 is 23.1 Å². The van der Waals surface area contributed by atoms with E-state index in [-0.39, 0.29) is 12.3 Å². The molecule has 1 aromatic carbocycles. The Morgan fingerprint density at radius 1 is 1.25 bits per heavy atom. The smallest absolute Gasteiger partial charge is 0.226 e. The van der Waals surface area contributed by atoms with Gasteiger partial charge in [-0.1, -0.05) is 55.9 Å². The number of hydrogen-bond donors (Lipinski definition) is 1. The Balaban J connectivity index is 1.46. The molecule has 0 aliphatic rings. The Hall–Kier alpha value is -2.19. The van der Waals surface area contributed by atoms with Gasteiger partial charge in [-0.3, -0.25) is 4.79 Å². The first-order chi connectivity index (χ1) is 13.5. The molecule has 2 heterocycles. The van der Waals surface area contributed by atoms with E-state index in [0.717, 1.165) is 33.0 Å². The topological polar surface area (TPSA) is 72.7 Å². The van der Waals surface area contributed by atoms with Crippen molar-refractivity contribution in [2.45, 2.75) is 31.8 Å². The van der Waals surface area contributed by atoms with E-state index < -0.39 is 0 Å². The van der Waals surface area contributed by atoms with Crippen LogP contribution < -0.4 is 5.32 Å². The van der Waals surface area contributed by atoms with Crippen LogP contribution in [0.2, 0.25) is 0 Å². The summed E-state index contributed by atoms with van der Waals surface area (Å²) >= 11 is 3.27. The van der Waals surface area contributed by atoms with Gasteiger partial charge in [0.1, 0.15) is 10.8 Å². The third kappa shape index (κ3) is 5.65. The van der Waals surface area contributed by atoms with Gasteiger partial charge in [0.25, 0.3) is 0 Å². The van der Waals surface area contributed by atoms with Crippen molar-refractivity contribution in [3.05, 3.63) is 47.2 Å². The molecule has 0 fully saturated rings. The van der Waals surface area contributed by atoms with Gasteiger partial charge in [0.15, 0.2) is 5.16 Å². The highest BCUT2D eigenvalue weighted by Crippen LogP contribution is 2.23. The molecule has 0 aliphatic carbocycles. The fourth-order valence-corrected chi connectivity index (χ4v) is 4.28. The van der Waals surface area contributed by atoms with Gasteiger partial charge < -0.3 is 9.88 Å². The van der Waals surface area contributed by atoms with Crippen molar-refractivity contribution < 1.29 is 4.79 Å². The van der Waals surface area contributed by atoms with E-state index in [1.807, 2.05) is 47.3 Å². The summed E-state index contributed by atoms with van der Waals surface area (Å²) in [6.07, 6.45) is 0.946. The zero-order valence-electron chi connectivity index (χ0n) is 16.4. The fourth-order valence-electron chi connectivity index (χ4n) is 2.57. The van der Waals surface area contributed by atoms with E-state index in [2.05, 4.69) is 34.3 Å². The predicted molar refractivity (Wildman–Crippen MR) is 115 cm³/mol. The Kier molecular flexibility index (Phi) is 7.22. The minimum atomic E-state index is -0.0264. The number of thiazole rings is 1. The van der Waals surface area contributed by atoms with E-state index in [0.29, 0.717) is 18.9 Å². The van der Waals surface area contributed by atoms with Gasteiger partial charge >= 0.3 is 0 Å². The molecule has 28 heavy (non-hydrogen) atoms. The number of amides is 1. The zero-order valence-corrected chi connectivity index (χ0v) is 18.0. The van der Waals surface area contributed by atoms with Gasteiger partial charge in [0.2, 0.25) is 5.91 Å². The maximum Gasteiger partial charge on any atom is 0.226 e. The molecule has 0 radical (unpaired) electrons. The van der Waals surface area contributed by atoms with Gasteiger partial charge in [-0.2, -0.15) is 0 Å². The van der Waals surface area contributed by atoms with Crippen LogP contribution in [0.4, 0.5) is 0 Å². The number of hydrogen-bond acceptors (Lipinski definition) is 6. The fraction of sp³-hybridized carbons (Fsp3) is 0.400. The lowest BCUT2D eigenvalue weighted by atomic mass is 10.2. The molecule has 0 saturated carbocycles. The van der Waals surface area contributed by atoms with Crippen molar-refractivity contribution in [2.24, 2.45) is 13.0 Å².